The first-order valence-electron chi connectivity index (χ1n) is 12.3. The molecule has 1 aliphatic carbocycles. The molecule has 1 fully saturated rings. The van der Waals surface area contributed by atoms with Crippen LogP contribution in [-0.4, -0.2) is 51.5 Å². The molecule has 8 heteroatoms. The van der Waals surface area contributed by atoms with Gasteiger partial charge >= 0.3 is 0 Å². The van der Waals surface area contributed by atoms with E-state index in [1.54, 1.807) is 6.07 Å². The number of carbonyl (C=O) groups is 1. The zero-order chi connectivity index (χ0) is 23.5. The smallest absolute Gasteiger partial charge is 0.243 e. The van der Waals surface area contributed by atoms with Crippen LogP contribution >= 0.6 is 0 Å². The number of carbonyl (C=O) groups excluding carboxylic acids is 1. The third kappa shape index (κ3) is 4.93. The van der Waals surface area contributed by atoms with Gasteiger partial charge in [0.1, 0.15) is 13.2 Å². The molecule has 0 spiro atoms. The van der Waals surface area contributed by atoms with Gasteiger partial charge in [0.15, 0.2) is 11.5 Å². The quantitative estimate of drug-likeness (QED) is 0.681. The maximum Gasteiger partial charge on any atom is 0.243 e. The summed E-state index contributed by atoms with van der Waals surface area (Å²) in [6, 6.07) is 11.4. The number of aryl methyl sites for hydroxylation is 2. The summed E-state index contributed by atoms with van der Waals surface area (Å²) in [5.41, 5.74) is 3.52. The number of piperidine rings is 1. The van der Waals surface area contributed by atoms with Crippen molar-refractivity contribution < 1.29 is 22.7 Å². The van der Waals surface area contributed by atoms with Gasteiger partial charge in [-0.2, -0.15) is 4.31 Å². The highest BCUT2D eigenvalue weighted by Gasteiger charge is 2.32. The van der Waals surface area contributed by atoms with Crippen molar-refractivity contribution in [1.29, 1.82) is 0 Å². The molecule has 1 amide bonds. The summed E-state index contributed by atoms with van der Waals surface area (Å²) < 4.78 is 39.1. The second kappa shape index (κ2) is 9.96. The molecule has 182 valence electrons. The summed E-state index contributed by atoms with van der Waals surface area (Å²) in [7, 11) is -3.53. The van der Waals surface area contributed by atoms with Gasteiger partial charge in [-0.3, -0.25) is 4.79 Å². The Morgan fingerprint density at radius 3 is 2.47 bits per heavy atom. The Kier molecular flexibility index (Phi) is 6.79. The molecule has 1 N–H and O–H groups in total. The number of hydrogen-bond acceptors (Lipinski definition) is 5. The maximum atomic E-state index is 13.2. The van der Waals surface area contributed by atoms with Crippen molar-refractivity contribution >= 4 is 15.9 Å². The van der Waals surface area contributed by atoms with E-state index in [9.17, 15) is 13.2 Å². The Labute approximate surface area is 201 Å². The molecule has 2 aliphatic heterocycles. The number of sulfonamides is 1. The minimum absolute atomic E-state index is 0.00312. The van der Waals surface area contributed by atoms with Gasteiger partial charge in [0, 0.05) is 25.6 Å². The molecule has 2 aromatic rings. The minimum Gasteiger partial charge on any atom is -0.486 e. The van der Waals surface area contributed by atoms with Crippen LogP contribution < -0.4 is 14.8 Å². The number of nitrogens with zero attached hydrogens (tertiary/aromatic N) is 1. The van der Waals surface area contributed by atoms with Crippen LogP contribution in [0.4, 0.5) is 0 Å². The predicted octanol–water partition coefficient (Wildman–Crippen LogP) is 3.10. The van der Waals surface area contributed by atoms with Gasteiger partial charge in [0.25, 0.3) is 0 Å². The van der Waals surface area contributed by atoms with E-state index in [2.05, 4.69) is 5.32 Å². The highest BCUT2D eigenvalue weighted by atomic mass is 32.2. The van der Waals surface area contributed by atoms with Crippen molar-refractivity contribution in [3.05, 3.63) is 53.1 Å². The third-order valence-electron chi connectivity index (χ3n) is 7.10. The first-order chi connectivity index (χ1) is 16.5. The van der Waals surface area contributed by atoms with Gasteiger partial charge in [0.05, 0.1) is 4.90 Å². The van der Waals surface area contributed by atoms with Gasteiger partial charge in [-0.1, -0.05) is 12.1 Å². The second-order valence-corrected chi connectivity index (χ2v) is 11.3. The van der Waals surface area contributed by atoms with Crippen LogP contribution in [-0.2, 0) is 34.1 Å². The molecule has 0 saturated carbocycles. The van der Waals surface area contributed by atoms with Crippen molar-refractivity contribution in [3.63, 3.8) is 0 Å². The Hall–Kier alpha value is -2.58. The summed E-state index contributed by atoms with van der Waals surface area (Å²) >= 11 is 0. The first kappa shape index (κ1) is 23.2. The maximum absolute atomic E-state index is 13.2. The molecule has 0 atom stereocenters. The zero-order valence-corrected chi connectivity index (χ0v) is 20.2. The van der Waals surface area contributed by atoms with Crippen molar-refractivity contribution in [1.82, 2.24) is 9.62 Å². The fourth-order valence-electron chi connectivity index (χ4n) is 5.10. The summed E-state index contributed by atoms with van der Waals surface area (Å²) in [6.07, 6.45) is 6.06. The molecule has 34 heavy (non-hydrogen) atoms. The summed E-state index contributed by atoms with van der Waals surface area (Å²) in [6.45, 7) is 2.40. The van der Waals surface area contributed by atoms with Gasteiger partial charge in [-0.15, -0.1) is 0 Å². The molecule has 2 heterocycles. The lowest BCUT2D eigenvalue weighted by atomic mass is 9.92. The van der Waals surface area contributed by atoms with E-state index >= 15 is 0 Å². The van der Waals surface area contributed by atoms with E-state index in [1.165, 1.54) is 21.9 Å². The van der Waals surface area contributed by atoms with Crippen LogP contribution in [0.15, 0.2) is 41.3 Å². The topological polar surface area (TPSA) is 84.9 Å². The zero-order valence-electron chi connectivity index (χ0n) is 19.4. The van der Waals surface area contributed by atoms with Crippen molar-refractivity contribution in [2.45, 2.75) is 49.8 Å². The van der Waals surface area contributed by atoms with Gasteiger partial charge in [-0.05, 0) is 85.9 Å². The fourth-order valence-corrected chi connectivity index (χ4v) is 6.62. The number of ether oxygens (including phenoxy) is 2. The number of amides is 1. The summed E-state index contributed by atoms with van der Waals surface area (Å²) in [5.74, 6) is 1.36. The Morgan fingerprint density at radius 1 is 0.941 bits per heavy atom. The molecule has 0 radical (unpaired) electrons. The number of rotatable bonds is 6. The summed E-state index contributed by atoms with van der Waals surface area (Å²) in [4.78, 5) is 13.1. The largest absolute Gasteiger partial charge is 0.486 e. The molecule has 7 nitrogen and oxygen atoms in total. The molecular weight excluding hydrogens is 452 g/mol. The number of fused-ring (bicyclic) bond motifs is 2. The molecule has 0 unspecified atom stereocenters. The lowest BCUT2D eigenvalue weighted by Crippen LogP contribution is -2.43. The van der Waals surface area contributed by atoms with E-state index < -0.39 is 10.0 Å². The van der Waals surface area contributed by atoms with E-state index in [1.807, 2.05) is 30.3 Å². The van der Waals surface area contributed by atoms with Crippen LogP contribution in [0.1, 0.15) is 42.4 Å². The van der Waals surface area contributed by atoms with Crippen LogP contribution in [0.2, 0.25) is 0 Å². The lowest BCUT2D eigenvalue weighted by Gasteiger charge is -2.31. The van der Waals surface area contributed by atoms with Crippen LogP contribution in [0.5, 0.6) is 11.5 Å². The SMILES string of the molecule is O=C(NCCc1ccc2c(c1)OCCO2)C1CCN(S(=O)(=O)c2ccc3c(c2)CCCC3)CC1. The van der Waals surface area contributed by atoms with E-state index in [4.69, 9.17) is 9.47 Å². The van der Waals surface area contributed by atoms with E-state index in [0.717, 1.165) is 36.3 Å². The second-order valence-electron chi connectivity index (χ2n) is 9.34. The predicted molar refractivity (Wildman–Crippen MR) is 129 cm³/mol. The van der Waals surface area contributed by atoms with Crippen molar-refractivity contribution in [2.75, 3.05) is 32.8 Å². The molecule has 0 bridgehead atoms. The molecule has 1 saturated heterocycles. The minimum atomic E-state index is -3.53. The van der Waals surface area contributed by atoms with Gasteiger partial charge < -0.3 is 14.8 Å². The van der Waals surface area contributed by atoms with Crippen molar-refractivity contribution in [3.8, 4) is 11.5 Å². The number of hydrogen-bond donors (Lipinski definition) is 1. The molecule has 5 rings (SSSR count). The summed E-state index contributed by atoms with van der Waals surface area (Å²) in [5, 5.41) is 3.02. The monoisotopic (exact) mass is 484 g/mol. The highest BCUT2D eigenvalue weighted by molar-refractivity contribution is 7.89. The number of benzene rings is 2. The standard InChI is InChI=1S/C26H32N2O5S/c29-26(27-12-9-19-5-8-24-25(17-19)33-16-15-32-24)21-10-13-28(14-11-21)34(30,31)23-7-6-20-3-1-2-4-22(20)18-23/h5-8,17-18,21H,1-4,9-16H2,(H,27,29). The Balaban J connectivity index is 1.12. The molecule has 0 aromatic heterocycles. The lowest BCUT2D eigenvalue weighted by molar-refractivity contribution is -0.126. The van der Waals surface area contributed by atoms with Crippen LogP contribution in [0.25, 0.3) is 0 Å². The van der Waals surface area contributed by atoms with E-state index in [0.29, 0.717) is 57.0 Å². The van der Waals surface area contributed by atoms with Gasteiger partial charge in [-0.25, -0.2) is 8.42 Å². The highest BCUT2D eigenvalue weighted by Crippen LogP contribution is 2.31. The van der Waals surface area contributed by atoms with Crippen molar-refractivity contribution in [2.24, 2.45) is 5.92 Å². The number of nitrogens with one attached hydrogen (secondary N) is 1. The normalized spacial score (nSPS) is 18.8. The molecular formula is C26H32N2O5S. The Morgan fingerprint density at radius 2 is 1.68 bits per heavy atom. The Bertz CT molecular complexity index is 1160. The van der Waals surface area contributed by atoms with Gasteiger partial charge in [0.2, 0.25) is 15.9 Å². The average molecular weight is 485 g/mol. The van der Waals surface area contributed by atoms with Crippen LogP contribution in [0, 0.1) is 5.92 Å². The molecule has 2 aromatic carbocycles. The average Bonchev–Trinajstić information content (AvgIpc) is 2.88. The van der Waals surface area contributed by atoms with E-state index in [-0.39, 0.29) is 11.8 Å². The van der Waals surface area contributed by atoms with Crippen LogP contribution in [0.3, 0.4) is 0 Å². The first-order valence-corrected chi connectivity index (χ1v) is 13.7. The third-order valence-corrected chi connectivity index (χ3v) is 9.00. The molecule has 3 aliphatic rings. The fraction of sp³-hybridized carbons (Fsp3) is 0.500.